The maximum absolute atomic E-state index is 6.03. The molecule has 0 fully saturated rings. The molecule has 3 nitrogen and oxygen atoms in total. The molecule has 2 aromatic carbocycles. The fraction of sp³-hybridized carbons (Fsp3) is 0.125. The molecule has 0 unspecified atom stereocenters. The smallest absolute Gasteiger partial charge is 0.137 e. The molecule has 0 radical (unpaired) electrons. The van der Waals surface area contributed by atoms with Gasteiger partial charge in [-0.15, -0.1) is 0 Å². The van der Waals surface area contributed by atoms with Gasteiger partial charge in [-0.3, -0.25) is 0 Å². The molecule has 0 aliphatic rings. The standard InChI is InChI=1S/C16H14ClN3/c1-11-8-12(6-7-14(11)17)9-18-16-13-4-2-3-5-15(13)19-10-20-16/h2-8,10H,9H2,1H3,(H,18,19,20). The summed E-state index contributed by atoms with van der Waals surface area (Å²) in [6.45, 7) is 2.71. The summed E-state index contributed by atoms with van der Waals surface area (Å²) in [5.74, 6) is 0.850. The third-order valence-electron chi connectivity index (χ3n) is 3.23. The van der Waals surface area contributed by atoms with Gasteiger partial charge in [0.05, 0.1) is 5.52 Å². The van der Waals surface area contributed by atoms with E-state index in [9.17, 15) is 0 Å². The van der Waals surface area contributed by atoms with Crippen molar-refractivity contribution in [2.45, 2.75) is 13.5 Å². The molecular formula is C16H14ClN3. The Morgan fingerprint density at radius 1 is 1.10 bits per heavy atom. The molecule has 100 valence electrons. The van der Waals surface area contributed by atoms with E-state index in [2.05, 4.69) is 21.4 Å². The summed E-state index contributed by atoms with van der Waals surface area (Å²) >= 11 is 6.03. The van der Waals surface area contributed by atoms with E-state index in [1.54, 1.807) is 6.33 Å². The summed E-state index contributed by atoms with van der Waals surface area (Å²) in [4.78, 5) is 8.57. The van der Waals surface area contributed by atoms with E-state index in [-0.39, 0.29) is 0 Å². The van der Waals surface area contributed by atoms with E-state index in [1.807, 2.05) is 43.3 Å². The molecule has 0 atom stereocenters. The highest BCUT2D eigenvalue weighted by Crippen LogP contribution is 2.20. The van der Waals surface area contributed by atoms with Crippen LogP contribution >= 0.6 is 11.6 Å². The zero-order chi connectivity index (χ0) is 13.9. The van der Waals surface area contributed by atoms with Gasteiger partial charge in [0.2, 0.25) is 0 Å². The molecule has 0 aliphatic heterocycles. The summed E-state index contributed by atoms with van der Waals surface area (Å²) in [6, 6.07) is 14.0. The number of aryl methyl sites for hydroxylation is 1. The van der Waals surface area contributed by atoms with Gasteiger partial charge in [-0.1, -0.05) is 35.9 Å². The van der Waals surface area contributed by atoms with Crippen LogP contribution in [-0.4, -0.2) is 9.97 Å². The Kier molecular flexibility index (Phi) is 3.52. The molecule has 0 aliphatic carbocycles. The van der Waals surface area contributed by atoms with Crippen LogP contribution < -0.4 is 5.32 Å². The van der Waals surface area contributed by atoms with Crippen molar-refractivity contribution in [3.8, 4) is 0 Å². The van der Waals surface area contributed by atoms with Crippen molar-refractivity contribution >= 4 is 28.3 Å². The van der Waals surface area contributed by atoms with Crippen LogP contribution in [0.2, 0.25) is 5.02 Å². The average Bonchev–Trinajstić information content (AvgIpc) is 2.48. The quantitative estimate of drug-likeness (QED) is 0.783. The Bertz CT molecular complexity index is 750. The van der Waals surface area contributed by atoms with Crippen molar-refractivity contribution in [1.29, 1.82) is 0 Å². The van der Waals surface area contributed by atoms with Gasteiger partial charge in [0.1, 0.15) is 12.1 Å². The number of anilines is 1. The van der Waals surface area contributed by atoms with Gasteiger partial charge in [0.25, 0.3) is 0 Å². The minimum Gasteiger partial charge on any atom is -0.365 e. The molecule has 1 N–H and O–H groups in total. The van der Waals surface area contributed by atoms with Crippen LogP contribution in [0.15, 0.2) is 48.8 Å². The Morgan fingerprint density at radius 3 is 2.80 bits per heavy atom. The van der Waals surface area contributed by atoms with Crippen LogP contribution in [0.4, 0.5) is 5.82 Å². The highest BCUT2D eigenvalue weighted by molar-refractivity contribution is 6.31. The Labute approximate surface area is 122 Å². The van der Waals surface area contributed by atoms with Crippen LogP contribution in [0.25, 0.3) is 10.9 Å². The zero-order valence-corrected chi connectivity index (χ0v) is 11.9. The second-order valence-corrected chi connectivity index (χ2v) is 5.08. The maximum Gasteiger partial charge on any atom is 0.137 e. The average molecular weight is 284 g/mol. The van der Waals surface area contributed by atoms with Gasteiger partial charge >= 0.3 is 0 Å². The first kappa shape index (κ1) is 12.9. The molecule has 0 saturated carbocycles. The number of halogens is 1. The van der Waals surface area contributed by atoms with Crippen LogP contribution in [-0.2, 0) is 6.54 Å². The van der Waals surface area contributed by atoms with Gasteiger partial charge < -0.3 is 5.32 Å². The lowest BCUT2D eigenvalue weighted by Crippen LogP contribution is -2.02. The molecule has 0 saturated heterocycles. The van der Waals surface area contributed by atoms with Crippen molar-refractivity contribution < 1.29 is 0 Å². The topological polar surface area (TPSA) is 37.8 Å². The van der Waals surface area contributed by atoms with Gasteiger partial charge in [-0.25, -0.2) is 9.97 Å². The van der Waals surface area contributed by atoms with E-state index in [0.717, 1.165) is 27.3 Å². The van der Waals surface area contributed by atoms with Gasteiger partial charge in [-0.2, -0.15) is 0 Å². The molecule has 20 heavy (non-hydrogen) atoms. The van der Waals surface area contributed by atoms with Crippen molar-refractivity contribution in [2.75, 3.05) is 5.32 Å². The molecule has 1 heterocycles. The highest BCUT2D eigenvalue weighted by atomic mass is 35.5. The second kappa shape index (κ2) is 5.47. The third kappa shape index (κ3) is 2.58. The number of aromatic nitrogens is 2. The molecule has 0 spiro atoms. The molecule has 3 rings (SSSR count). The number of fused-ring (bicyclic) bond motifs is 1. The lowest BCUT2D eigenvalue weighted by molar-refractivity contribution is 1.10. The number of benzene rings is 2. The highest BCUT2D eigenvalue weighted by Gasteiger charge is 2.03. The summed E-state index contributed by atoms with van der Waals surface area (Å²) in [5, 5.41) is 5.18. The van der Waals surface area contributed by atoms with E-state index in [0.29, 0.717) is 6.54 Å². The van der Waals surface area contributed by atoms with E-state index in [1.165, 1.54) is 5.56 Å². The molecule has 1 aromatic heterocycles. The zero-order valence-electron chi connectivity index (χ0n) is 11.1. The largest absolute Gasteiger partial charge is 0.365 e. The summed E-state index contributed by atoms with van der Waals surface area (Å²) < 4.78 is 0. The maximum atomic E-state index is 6.03. The number of hydrogen-bond donors (Lipinski definition) is 1. The van der Waals surface area contributed by atoms with Crippen molar-refractivity contribution in [2.24, 2.45) is 0 Å². The van der Waals surface area contributed by atoms with Crippen LogP contribution in [0, 0.1) is 6.92 Å². The monoisotopic (exact) mass is 283 g/mol. The lowest BCUT2D eigenvalue weighted by atomic mass is 10.1. The minimum absolute atomic E-state index is 0.707. The van der Waals surface area contributed by atoms with Crippen LogP contribution in [0.5, 0.6) is 0 Å². The second-order valence-electron chi connectivity index (χ2n) is 4.68. The summed E-state index contributed by atoms with van der Waals surface area (Å²) in [5.41, 5.74) is 3.20. The predicted molar refractivity (Wildman–Crippen MR) is 83.1 cm³/mol. The first-order valence-corrected chi connectivity index (χ1v) is 6.80. The number of nitrogens with zero attached hydrogens (tertiary/aromatic N) is 2. The molecule has 0 bridgehead atoms. The summed E-state index contributed by atoms with van der Waals surface area (Å²) in [7, 11) is 0. The minimum atomic E-state index is 0.707. The fourth-order valence-corrected chi connectivity index (χ4v) is 2.27. The first-order chi connectivity index (χ1) is 9.74. The predicted octanol–water partition coefficient (Wildman–Crippen LogP) is 4.20. The van der Waals surface area contributed by atoms with E-state index < -0.39 is 0 Å². The van der Waals surface area contributed by atoms with E-state index in [4.69, 9.17) is 11.6 Å². The molecule has 4 heteroatoms. The van der Waals surface area contributed by atoms with Crippen LogP contribution in [0.1, 0.15) is 11.1 Å². The summed E-state index contributed by atoms with van der Waals surface area (Å²) in [6.07, 6.45) is 1.58. The van der Waals surface area contributed by atoms with Crippen molar-refractivity contribution in [3.63, 3.8) is 0 Å². The SMILES string of the molecule is Cc1cc(CNc2ncnc3ccccc23)ccc1Cl. The first-order valence-electron chi connectivity index (χ1n) is 6.43. The third-order valence-corrected chi connectivity index (χ3v) is 3.65. The van der Waals surface area contributed by atoms with Gasteiger partial charge in [-0.05, 0) is 36.2 Å². The normalized spacial score (nSPS) is 10.7. The van der Waals surface area contributed by atoms with E-state index >= 15 is 0 Å². The molecule has 3 aromatic rings. The fourth-order valence-electron chi connectivity index (χ4n) is 2.15. The van der Waals surface area contributed by atoms with Gasteiger partial charge in [0, 0.05) is 17.0 Å². The number of rotatable bonds is 3. The number of para-hydroxylation sites is 1. The Morgan fingerprint density at radius 2 is 1.95 bits per heavy atom. The van der Waals surface area contributed by atoms with Gasteiger partial charge in [0.15, 0.2) is 0 Å². The number of hydrogen-bond acceptors (Lipinski definition) is 3. The molecular weight excluding hydrogens is 270 g/mol. The Hall–Kier alpha value is -2.13. The van der Waals surface area contributed by atoms with Crippen molar-refractivity contribution in [1.82, 2.24) is 9.97 Å². The number of nitrogens with one attached hydrogen (secondary N) is 1. The lowest BCUT2D eigenvalue weighted by Gasteiger charge is -2.09. The Balaban J connectivity index is 1.85. The van der Waals surface area contributed by atoms with Crippen molar-refractivity contribution in [3.05, 3.63) is 64.9 Å². The van der Waals surface area contributed by atoms with Crippen LogP contribution in [0.3, 0.4) is 0 Å². The molecule has 0 amide bonds.